The predicted molar refractivity (Wildman–Crippen MR) is 138 cm³/mol. The molecular weight excluding hydrogens is 482 g/mol. The lowest BCUT2D eigenvalue weighted by Gasteiger charge is -2.32. The zero-order valence-electron chi connectivity index (χ0n) is 21.5. The second-order valence-electron chi connectivity index (χ2n) is 8.95. The molecule has 2 aromatic carbocycles. The molecule has 3 rings (SSSR count). The smallest absolute Gasteiger partial charge is 0.244 e. The molecule has 2 atom stereocenters. The van der Waals surface area contributed by atoms with Crippen molar-refractivity contribution >= 4 is 27.5 Å². The van der Waals surface area contributed by atoms with E-state index in [2.05, 4.69) is 5.32 Å². The van der Waals surface area contributed by atoms with Crippen LogP contribution in [0.4, 0.5) is 5.69 Å². The molecule has 2 amide bonds. The fourth-order valence-corrected chi connectivity index (χ4v) is 4.87. The lowest BCUT2D eigenvalue weighted by Crippen LogP contribution is -2.52. The van der Waals surface area contributed by atoms with Crippen molar-refractivity contribution < 1.29 is 27.5 Å². The Kier molecular flexibility index (Phi) is 8.84. The number of amides is 2. The van der Waals surface area contributed by atoms with Crippen molar-refractivity contribution in [1.29, 1.82) is 0 Å². The highest BCUT2D eigenvalue weighted by Gasteiger charge is 2.32. The topological polar surface area (TPSA) is 105 Å². The third kappa shape index (κ3) is 6.48. The minimum atomic E-state index is -3.82. The first-order valence-electron chi connectivity index (χ1n) is 12.1. The van der Waals surface area contributed by atoms with Gasteiger partial charge in [-0.25, -0.2) is 8.42 Å². The van der Waals surface area contributed by atoms with Crippen LogP contribution in [0.3, 0.4) is 0 Å². The van der Waals surface area contributed by atoms with Crippen LogP contribution in [0.2, 0.25) is 0 Å². The van der Waals surface area contributed by atoms with Crippen LogP contribution in [-0.2, 0) is 26.2 Å². The van der Waals surface area contributed by atoms with Crippen LogP contribution in [0.25, 0.3) is 0 Å². The third-order valence-corrected chi connectivity index (χ3v) is 7.97. The summed E-state index contributed by atoms with van der Waals surface area (Å²) in [6.07, 6.45) is 0.747. The van der Waals surface area contributed by atoms with Crippen molar-refractivity contribution in [3.8, 4) is 11.5 Å². The molecule has 196 valence electrons. The summed E-state index contributed by atoms with van der Waals surface area (Å²) in [4.78, 5) is 28.1. The lowest BCUT2D eigenvalue weighted by molar-refractivity contribution is -0.139. The number of hydrogen-bond donors (Lipinski definition) is 1. The minimum absolute atomic E-state index is 0.0469. The summed E-state index contributed by atoms with van der Waals surface area (Å²) in [5.41, 5.74) is 2.16. The molecule has 0 bridgehead atoms. The van der Waals surface area contributed by atoms with Gasteiger partial charge in [-0.2, -0.15) is 0 Å². The van der Waals surface area contributed by atoms with Gasteiger partial charge in [0.15, 0.2) is 11.5 Å². The number of ether oxygens (including phenoxy) is 2. The van der Waals surface area contributed by atoms with Crippen molar-refractivity contribution in [3.05, 3.63) is 53.6 Å². The molecule has 1 aliphatic rings. The van der Waals surface area contributed by atoms with E-state index < -0.39 is 28.5 Å². The van der Waals surface area contributed by atoms with E-state index in [1.807, 2.05) is 45.0 Å². The first-order valence-corrected chi connectivity index (χ1v) is 13.7. The Labute approximate surface area is 213 Å². The molecule has 2 aromatic rings. The highest BCUT2D eigenvalue weighted by molar-refractivity contribution is 7.92. The molecule has 0 fully saturated rings. The van der Waals surface area contributed by atoms with Crippen LogP contribution in [0.1, 0.15) is 45.2 Å². The van der Waals surface area contributed by atoms with Crippen LogP contribution < -0.4 is 19.1 Å². The third-order valence-electron chi connectivity index (χ3n) is 6.23. The molecule has 1 heterocycles. The SMILES string of the molecule is CC[C@H](C)NC(=O)[C@H](C)N(Cc1cccc(C)c1)C(=O)CN(c1ccc2c(c1)OCO2)S(=O)(=O)CC. The summed E-state index contributed by atoms with van der Waals surface area (Å²) in [5, 5.41) is 2.92. The van der Waals surface area contributed by atoms with E-state index in [1.165, 1.54) is 11.8 Å². The van der Waals surface area contributed by atoms with E-state index in [1.54, 1.807) is 25.1 Å². The highest BCUT2D eigenvalue weighted by atomic mass is 32.2. The second kappa shape index (κ2) is 11.6. The molecule has 1 aliphatic heterocycles. The number of sulfonamides is 1. The molecule has 0 spiro atoms. The number of rotatable bonds is 11. The Morgan fingerprint density at radius 3 is 2.44 bits per heavy atom. The summed E-state index contributed by atoms with van der Waals surface area (Å²) in [6.45, 7) is 8.74. The summed E-state index contributed by atoms with van der Waals surface area (Å²) >= 11 is 0. The largest absolute Gasteiger partial charge is 0.454 e. The number of fused-ring (bicyclic) bond motifs is 1. The maximum Gasteiger partial charge on any atom is 0.244 e. The number of benzene rings is 2. The lowest BCUT2D eigenvalue weighted by atomic mass is 10.1. The van der Waals surface area contributed by atoms with E-state index in [0.717, 1.165) is 21.9 Å². The average Bonchev–Trinajstić information content (AvgIpc) is 3.33. The van der Waals surface area contributed by atoms with Crippen molar-refractivity contribution in [3.63, 3.8) is 0 Å². The molecule has 1 N–H and O–H groups in total. The van der Waals surface area contributed by atoms with E-state index in [9.17, 15) is 18.0 Å². The standard InChI is InChI=1S/C26H35N3O6S/c1-6-19(4)27-26(31)20(5)28(15-21-10-8-9-18(3)13-21)25(30)16-29(36(32,33)7-2)22-11-12-23-24(14-22)35-17-34-23/h8-14,19-20H,6-7,15-17H2,1-5H3,(H,27,31)/t19-,20-/m0/s1. The van der Waals surface area contributed by atoms with Gasteiger partial charge < -0.3 is 19.7 Å². The predicted octanol–water partition coefficient (Wildman–Crippen LogP) is 3.21. The number of carbonyl (C=O) groups excluding carboxylic acids is 2. The zero-order valence-corrected chi connectivity index (χ0v) is 22.3. The van der Waals surface area contributed by atoms with E-state index >= 15 is 0 Å². The molecule has 0 saturated heterocycles. The zero-order chi connectivity index (χ0) is 26.5. The number of hydrogen-bond acceptors (Lipinski definition) is 6. The van der Waals surface area contributed by atoms with E-state index in [-0.39, 0.29) is 31.0 Å². The normalized spacial score (nSPS) is 14.1. The van der Waals surface area contributed by atoms with Gasteiger partial charge in [0, 0.05) is 18.7 Å². The van der Waals surface area contributed by atoms with Crippen molar-refractivity contribution in [1.82, 2.24) is 10.2 Å². The first kappa shape index (κ1) is 27.3. The van der Waals surface area contributed by atoms with Crippen LogP contribution in [0.15, 0.2) is 42.5 Å². The average molecular weight is 518 g/mol. The Balaban J connectivity index is 1.94. The van der Waals surface area contributed by atoms with Gasteiger partial charge in [0.2, 0.25) is 28.6 Å². The maximum absolute atomic E-state index is 13.7. The molecule has 0 radical (unpaired) electrons. The molecule has 0 aliphatic carbocycles. The fraction of sp³-hybridized carbons (Fsp3) is 0.462. The Bertz CT molecular complexity index is 1200. The summed E-state index contributed by atoms with van der Waals surface area (Å²) < 4.78 is 37.9. The number of aryl methyl sites for hydroxylation is 1. The van der Waals surface area contributed by atoms with Gasteiger partial charge in [0.25, 0.3) is 0 Å². The van der Waals surface area contributed by atoms with Crippen molar-refractivity contribution in [2.24, 2.45) is 0 Å². The van der Waals surface area contributed by atoms with Gasteiger partial charge in [0.05, 0.1) is 11.4 Å². The van der Waals surface area contributed by atoms with Crippen LogP contribution in [-0.4, -0.2) is 56.3 Å². The molecule has 9 nitrogen and oxygen atoms in total. The molecule has 10 heteroatoms. The Morgan fingerprint density at radius 1 is 1.06 bits per heavy atom. The summed E-state index contributed by atoms with van der Waals surface area (Å²) in [6, 6.07) is 11.5. The van der Waals surface area contributed by atoms with Crippen molar-refractivity contribution in [2.75, 3.05) is 23.4 Å². The molecule has 0 unspecified atom stereocenters. The first-order chi connectivity index (χ1) is 17.1. The number of carbonyl (C=O) groups is 2. The van der Waals surface area contributed by atoms with Gasteiger partial charge in [-0.05, 0) is 51.8 Å². The van der Waals surface area contributed by atoms with Crippen LogP contribution >= 0.6 is 0 Å². The number of nitrogens with zero attached hydrogens (tertiary/aromatic N) is 2. The summed E-state index contributed by atoms with van der Waals surface area (Å²) in [5.74, 6) is -0.0581. The van der Waals surface area contributed by atoms with E-state index in [0.29, 0.717) is 17.2 Å². The summed E-state index contributed by atoms with van der Waals surface area (Å²) in [7, 11) is -3.82. The second-order valence-corrected chi connectivity index (χ2v) is 11.1. The Hall–Kier alpha value is -3.27. The van der Waals surface area contributed by atoms with Gasteiger partial charge in [-0.15, -0.1) is 0 Å². The van der Waals surface area contributed by atoms with Gasteiger partial charge in [0.1, 0.15) is 12.6 Å². The van der Waals surface area contributed by atoms with Gasteiger partial charge >= 0.3 is 0 Å². The van der Waals surface area contributed by atoms with Gasteiger partial charge in [-0.1, -0.05) is 36.8 Å². The maximum atomic E-state index is 13.7. The van der Waals surface area contributed by atoms with Crippen LogP contribution in [0.5, 0.6) is 11.5 Å². The monoisotopic (exact) mass is 517 g/mol. The van der Waals surface area contributed by atoms with Crippen molar-refractivity contribution in [2.45, 2.75) is 59.7 Å². The minimum Gasteiger partial charge on any atom is -0.454 e. The number of nitrogens with one attached hydrogen (secondary N) is 1. The molecule has 36 heavy (non-hydrogen) atoms. The Morgan fingerprint density at radius 2 is 1.78 bits per heavy atom. The van der Waals surface area contributed by atoms with Crippen LogP contribution in [0, 0.1) is 6.92 Å². The van der Waals surface area contributed by atoms with Gasteiger partial charge in [-0.3, -0.25) is 13.9 Å². The fourth-order valence-electron chi connectivity index (χ4n) is 3.82. The van der Waals surface area contributed by atoms with E-state index in [4.69, 9.17) is 9.47 Å². The molecular formula is C26H35N3O6S. The quantitative estimate of drug-likeness (QED) is 0.491. The molecule has 0 aromatic heterocycles. The highest BCUT2D eigenvalue weighted by Crippen LogP contribution is 2.36. The molecule has 0 saturated carbocycles. The number of anilines is 1.